The van der Waals surface area contributed by atoms with Crippen LogP contribution in [0.1, 0.15) is 6.92 Å². The first-order chi connectivity index (χ1) is 2.64. The number of aliphatic hydroxyl groups excluding tert-OH is 1. The number of aliphatic hydroxyl groups is 1. The molecule has 0 saturated carbocycles. The molecule has 0 aromatic heterocycles. The number of hydrogen-bond acceptors (Lipinski definition) is 3. The van der Waals surface area contributed by atoms with Gasteiger partial charge in [-0.15, -0.1) is 0 Å². The predicted octanol–water partition coefficient (Wildman–Crippen LogP) is -1.89. The fourth-order valence-corrected chi connectivity index (χ4v) is 0. The quantitative estimate of drug-likeness (QED) is 0.410. The number of hydrogen-bond donors (Lipinski definition) is 2. The predicted molar refractivity (Wildman–Crippen MR) is 28.4 cm³/mol. The van der Waals surface area contributed by atoms with E-state index in [4.69, 9.17) is 5.11 Å². The second-order valence-corrected chi connectivity index (χ2v) is 0.995. The molecule has 0 radical (unpaired) electrons. The van der Waals surface area contributed by atoms with Crippen LogP contribution >= 0.6 is 0 Å². The minimum atomic E-state index is -1.44. The van der Waals surface area contributed by atoms with Crippen molar-refractivity contribution in [3.05, 3.63) is 0 Å². The van der Waals surface area contributed by atoms with E-state index in [1.54, 1.807) is 0 Å². The van der Waals surface area contributed by atoms with Crippen molar-refractivity contribution in [1.29, 1.82) is 0 Å². The zero-order chi connectivity index (χ0) is 5.15. The van der Waals surface area contributed by atoms with Crippen LogP contribution in [-0.4, -0.2) is 34.5 Å². The maximum atomic E-state index is 9.34. The fraction of sp³-hybridized carbons (Fsp3) is 0.667. The minimum Gasteiger partial charge on any atom is -0.547 e. The molecule has 0 aromatic carbocycles. The van der Waals surface area contributed by atoms with Gasteiger partial charge in [0.05, 0.1) is 12.1 Å². The summed E-state index contributed by atoms with van der Waals surface area (Å²) in [4.78, 5) is 9.34. The van der Waals surface area contributed by atoms with Crippen LogP contribution in [0.15, 0.2) is 0 Å². The maximum Gasteiger partial charge on any atom is 3.00 e. The standard InChI is InChI=1S/C3H6O3.Al.H3N/c1-2(4)3(5)6;;/h2,4H,1H3,(H,5,6);;1H3/q;+3;. The largest absolute Gasteiger partial charge is 3.00 e. The van der Waals surface area contributed by atoms with Gasteiger partial charge in [-0.1, -0.05) is 0 Å². The number of carboxylic acid groups (broad SMARTS) is 1. The Morgan fingerprint density at radius 3 is 1.88 bits per heavy atom. The first kappa shape index (κ1) is 15.7. The van der Waals surface area contributed by atoms with E-state index in [0.29, 0.717) is 0 Å². The van der Waals surface area contributed by atoms with Crippen molar-refractivity contribution in [1.82, 2.24) is 6.15 Å². The molecule has 0 spiro atoms. The number of aliphatic carboxylic acids is 1. The van der Waals surface area contributed by atoms with Gasteiger partial charge in [0, 0.05) is 0 Å². The summed E-state index contributed by atoms with van der Waals surface area (Å²) in [5.41, 5.74) is 0. The van der Waals surface area contributed by atoms with Gasteiger partial charge in [0.15, 0.2) is 0 Å². The van der Waals surface area contributed by atoms with Crippen molar-refractivity contribution in [2.24, 2.45) is 0 Å². The third kappa shape index (κ3) is 9.33. The minimum absolute atomic E-state index is 0. The second kappa shape index (κ2) is 6.92. The molecule has 4 nitrogen and oxygen atoms in total. The maximum absolute atomic E-state index is 9.34. The molecule has 0 aromatic rings. The molecule has 0 aliphatic carbocycles. The van der Waals surface area contributed by atoms with Gasteiger partial charge in [-0.2, -0.15) is 0 Å². The van der Waals surface area contributed by atoms with Gasteiger partial charge in [0.25, 0.3) is 0 Å². The molecule has 1 atom stereocenters. The molecule has 0 amide bonds. The Morgan fingerprint density at radius 2 is 1.88 bits per heavy atom. The first-order valence-electron chi connectivity index (χ1n) is 1.53. The van der Waals surface area contributed by atoms with Gasteiger partial charge in [-0.25, -0.2) is 0 Å². The molecule has 0 aliphatic heterocycles. The average Bonchev–Trinajstić information content (AvgIpc) is 1.36. The molecule has 44 valence electrons. The Bertz CT molecular complexity index is 65.5. The van der Waals surface area contributed by atoms with Crippen molar-refractivity contribution in [3.8, 4) is 0 Å². The summed E-state index contributed by atoms with van der Waals surface area (Å²) >= 11 is 0. The fourth-order valence-electron chi connectivity index (χ4n) is 0. The number of rotatable bonds is 1. The van der Waals surface area contributed by atoms with Crippen molar-refractivity contribution < 1.29 is 15.0 Å². The monoisotopic (exact) mass is 134 g/mol. The van der Waals surface area contributed by atoms with Crippen molar-refractivity contribution in [3.63, 3.8) is 0 Å². The van der Waals surface area contributed by atoms with Crippen molar-refractivity contribution in [2.45, 2.75) is 13.0 Å². The van der Waals surface area contributed by atoms with Crippen LogP contribution in [0.5, 0.6) is 0 Å². The van der Waals surface area contributed by atoms with Gasteiger partial charge in [-0.3, -0.25) is 0 Å². The van der Waals surface area contributed by atoms with Crippen LogP contribution in [0, 0.1) is 0 Å². The third-order valence-electron chi connectivity index (χ3n) is 0.341. The molecule has 0 bridgehead atoms. The van der Waals surface area contributed by atoms with E-state index in [1.165, 1.54) is 0 Å². The van der Waals surface area contributed by atoms with E-state index in [2.05, 4.69) is 0 Å². The molecule has 0 rings (SSSR count). The first-order valence-corrected chi connectivity index (χ1v) is 1.53. The topological polar surface area (TPSA) is 96.9 Å². The number of quaternary nitrogens is 1. The number of carbonyl (C=O) groups is 1. The Labute approximate surface area is 58.2 Å². The molecule has 1 unspecified atom stereocenters. The zero-order valence-corrected chi connectivity index (χ0v) is 6.07. The van der Waals surface area contributed by atoms with Gasteiger partial charge in [0.1, 0.15) is 0 Å². The molecule has 5 N–H and O–H groups in total. The molecular weight excluding hydrogens is 125 g/mol. The van der Waals surface area contributed by atoms with Crippen molar-refractivity contribution >= 4 is 23.3 Å². The van der Waals surface area contributed by atoms with Crippen LogP contribution in [0.2, 0.25) is 0 Å². The van der Waals surface area contributed by atoms with Crippen LogP contribution in [0.25, 0.3) is 0 Å². The van der Waals surface area contributed by atoms with Crippen LogP contribution in [0.3, 0.4) is 0 Å². The van der Waals surface area contributed by atoms with Gasteiger partial charge in [0.2, 0.25) is 0 Å². The molecule has 0 heterocycles. The van der Waals surface area contributed by atoms with Crippen LogP contribution in [-0.2, 0) is 4.79 Å². The van der Waals surface area contributed by atoms with E-state index in [9.17, 15) is 9.90 Å². The number of carboxylic acids is 1. The van der Waals surface area contributed by atoms with E-state index >= 15 is 0 Å². The number of carbonyl (C=O) groups excluding carboxylic acids is 1. The zero-order valence-electron chi connectivity index (χ0n) is 4.92. The smallest absolute Gasteiger partial charge is 0.547 e. The van der Waals surface area contributed by atoms with E-state index < -0.39 is 12.1 Å². The molecule has 0 fully saturated rings. The summed E-state index contributed by atoms with van der Waals surface area (Å²) in [6.07, 6.45) is -1.34. The summed E-state index contributed by atoms with van der Waals surface area (Å²) in [5.74, 6) is -1.44. The Kier molecular flexibility index (Phi) is 13.6. The van der Waals surface area contributed by atoms with Crippen LogP contribution in [0.4, 0.5) is 0 Å². The van der Waals surface area contributed by atoms with Gasteiger partial charge >= 0.3 is 17.4 Å². The molecule has 8 heavy (non-hydrogen) atoms. The SMILES string of the molecule is CC(O)C(=O)[O-].[Al+3].[NH4+]. The Hall–Kier alpha value is -0.0775. The summed E-state index contributed by atoms with van der Waals surface area (Å²) in [6, 6.07) is 0. The molecule has 0 saturated heterocycles. The van der Waals surface area contributed by atoms with E-state index in [0.717, 1.165) is 6.92 Å². The molecule has 5 heteroatoms. The Balaban J connectivity index is -0.000000125. The summed E-state index contributed by atoms with van der Waals surface area (Å²) in [7, 11) is 0. The molecule has 0 aliphatic rings. The normalized spacial score (nSPS) is 10.2. The van der Waals surface area contributed by atoms with Crippen molar-refractivity contribution in [2.75, 3.05) is 0 Å². The van der Waals surface area contributed by atoms with Gasteiger partial charge < -0.3 is 21.2 Å². The van der Waals surface area contributed by atoms with E-state index in [1.807, 2.05) is 0 Å². The summed E-state index contributed by atoms with van der Waals surface area (Å²) in [6.45, 7) is 1.13. The Morgan fingerprint density at radius 1 is 1.75 bits per heavy atom. The molecular formula is C3H9AlNO3+3. The third-order valence-corrected chi connectivity index (χ3v) is 0.341. The van der Waals surface area contributed by atoms with Crippen LogP contribution < -0.4 is 11.3 Å². The second-order valence-electron chi connectivity index (χ2n) is 0.995. The average molecular weight is 134 g/mol. The summed E-state index contributed by atoms with van der Waals surface area (Å²) < 4.78 is 0. The van der Waals surface area contributed by atoms with E-state index in [-0.39, 0.29) is 23.5 Å². The summed E-state index contributed by atoms with van der Waals surface area (Å²) in [5, 5.41) is 17.3. The van der Waals surface area contributed by atoms with Gasteiger partial charge in [-0.05, 0) is 6.92 Å².